The number of nitrogens with two attached hydrogens (primary N) is 2. The fourth-order valence-electron chi connectivity index (χ4n) is 4.07. The number of rotatable bonds is 16. The van der Waals surface area contributed by atoms with Crippen LogP contribution in [0.1, 0.15) is 44.2 Å². The van der Waals surface area contributed by atoms with Crippen molar-refractivity contribution in [2.75, 3.05) is 0 Å². The van der Waals surface area contributed by atoms with Crippen molar-refractivity contribution >= 4 is 29.6 Å². The molecule has 0 radical (unpaired) electrons. The third-order valence-electron chi connectivity index (χ3n) is 6.83. The second-order valence-corrected chi connectivity index (χ2v) is 10.2. The van der Waals surface area contributed by atoms with Crippen LogP contribution in [0, 0.1) is 5.92 Å². The highest BCUT2D eigenvalue weighted by molar-refractivity contribution is 5.94. The number of carbonyl (C=O) groups is 5. The van der Waals surface area contributed by atoms with Gasteiger partial charge in [-0.2, -0.15) is 0 Å². The van der Waals surface area contributed by atoms with Crippen molar-refractivity contribution < 1.29 is 39.3 Å². The van der Waals surface area contributed by atoms with E-state index in [0.717, 1.165) is 0 Å². The average molecular weight is 586 g/mol. The summed E-state index contributed by atoms with van der Waals surface area (Å²) < 4.78 is 0. The van der Waals surface area contributed by atoms with E-state index < -0.39 is 59.7 Å². The predicted molar refractivity (Wildman–Crippen MR) is 153 cm³/mol. The van der Waals surface area contributed by atoms with Crippen molar-refractivity contribution in [3.05, 3.63) is 59.7 Å². The minimum atomic E-state index is -1.32. The minimum absolute atomic E-state index is 0.00561. The summed E-state index contributed by atoms with van der Waals surface area (Å²) in [6, 6.07) is 7.05. The van der Waals surface area contributed by atoms with Crippen LogP contribution < -0.4 is 27.4 Å². The molecular formula is C29H39N5O8. The zero-order valence-corrected chi connectivity index (χ0v) is 23.6. The molecule has 13 nitrogen and oxygen atoms in total. The molecular weight excluding hydrogens is 546 g/mol. The highest BCUT2D eigenvalue weighted by atomic mass is 16.4. The monoisotopic (exact) mass is 585 g/mol. The first-order valence-electron chi connectivity index (χ1n) is 13.5. The average Bonchev–Trinajstić information content (AvgIpc) is 2.95. The topological polar surface area (TPSA) is 234 Å². The van der Waals surface area contributed by atoms with Gasteiger partial charge in [0.2, 0.25) is 23.6 Å². The van der Waals surface area contributed by atoms with Crippen LogP contribution in [-0.2, 0) is 36.8 Å². The third-order valence-corrected chi connectivity index (χ3v) is 6.83. The van der Waals surface area contributed by atoms with Gasteiger partial charge in [0.25, 0.3) is 0 Å². The zero-order valence-electron chi connectivity index (χ0n) is 23.6. The normalized spacial score (nSPS) is 14.5. The molecule has 0 spiro atoms. The van der Waals surface area contributed by atoms with Crippen molar-refractivity contribution in [2.45, 2.75) is 70.1 Å². The van der Waals surface area contributed by atoms with Crippen LogP contribution >= 0.6 is 0 Å². The minimum Gasteiger partial charge on any atom is -0.508 e. The molecule has 13 heteroatoms. The maximum absolute atomic E-state index is 13.5. The number of benzene rings is 2. The van der Waals surface area contributed by atoms with E-state index in [1.165, 1.54) is 36.4 Å². The van der Waals surface area contributed by atoms with Crippen molar-refractivity contribution in [3.63, 3.8) is 0 Å². The van der Waals surface area contributed by atoms with Crippen LogP contribution in [0.3, 0.4) is 0 Å². The van der Waals surface area contributed by atoms with Crippen LogP contribution in [0.4, 0.5) is 0 Å². The number of hydrogen-bond acceptors (Lipinski definition) is 8. The summed E-state index contributed by atoms with van der Waals surface area (Å²) in [6.45, 7) is 3.52. The van der Waals surface area contributed by atoms with E-state index >= 15 is 0 Å². The molecule has 0 aliphatic rings. The van der Waals surface area contributed by atoms with Crippen LogP contribution in [-0.4, -0.2) is 69.1 Å². The molecule has 2 aromatic carbocycles. The Hall–Kier alpha value is -4.65. The van der Waals surface area contributed by atoms with Crippen molar-refractivity contribution in [3.8, 4) is 11.5 Å². The highest BCUT2D eigenvalue weighted by Crippen LogP contribution is 2.15. The van der Waals surface area contributed by atoms with Crippen molar-refractivity contribution in [1.82, 2.24) is 16.0 Å². The van der Waals surface area contributed by atoms with Gasteiger partial charge >= 0.3 is 5.97 Å². The highest BCUT2D eigenvalue weighted by Gasteiger charge is 2.33. The number of amides is 4. The lowest BCUT2D eigenvalue weighted by Gasteiger charge is -2.28. The molecule has 5 unspecified atom stereocenters. The Morgan fingerprint density at radius 2 is 1.24 bits per heavy atom. The molecule has 0 bridgehead atoms. The number of carboxylic acids is 1. The smallest absolute Gasteiger partial charge is 0.326 e. The molecule has 0 aromatic heterocycles. The molecule has 0 aliphatic carbocycles. The first-order valence-corrected chi connectivity index (χ1v) is 13.5. The molecule has 228 valence electrons. The van der Waals surface area contributed by atoms with E-state index in [9.17, 15) is 39.3 Å². The molecule has 0 fully saturated rings. The van der Waals surface area contributed by atoms with E-state index in [1.54, 1.807) is 26.0 Å². The summed E-state index contributed by atoms with van der Waals surface area (Å²) in [7, 11) is 0. The Kier molecular flexibility index (Phi) is 12.8. The van der Waals surface area contributed by atoms with Crippen molar-refractivity contribution in [1.29, 1.82) is 0 Å². The lowest BCUT2D eigenvalue weighted by molar-refractivity contribution is -0.142. The molecule has 5 atom stereocenters. The number of aliphatic carboxylic acids is 1. The van der Waals surface area contributed by atoms with Crippen LogP contribution in [0.2, 0.25) is 0 Å². The lowest BCUT2D eigenvalue weighted by Crippen LogP contribution is -2.59. The van der Waals surface area contributed by atoms with E-state index in [0.29, 0.717) is 17.5 Å². The summed E-state index contributed by atoms with van der Waals surface area (Å²) >= 11 is 0. The molecule has 0 aliphatic heterocycles. The van der Waals surface area contributed by atoms with Crippen molar-refractivity contribution in [2.24, 2.45) is 17.4 Å². The predicted octanol–water partition coefficient (Wildman–Crippen LogP) is 0.0609. The zero-order chi connectivity index (χ0) is 31.4. The number of aromatic hydroxyl groups is 2. The van der Waals surface area contributed by atoms with Crippen LogP contribution in [0.15, 0.2) is 48.5 Å². The molecule has 2 aromatic rings. The van der Waals surface area contributed by atoms with Gasteiger partial charge < -0.3 is 42.7 Å². The Labute approximate surface area is 243 Å². The van der Waals surface area contributed by atoms with Gasteiger partial charge in [-0.1, -0.05) is 44.5 Å². The second kappa shape index (κ2) is 16.0. The maximum Gasteiger partial charge on any atom is 0.326 e. The van der Waals surface area contributed by atoms with Gasteiger partial charge in [-0.15, -0.1) is 0 Å². The van der Waals surface area contributed by atoms with E-state index in [4.69, 9.17) is 11.5 Å². The number of nitrogens with one attached hydrogen (secondary N) is 3. The fourth-order valence-corrected chi connectivity index (χ4v) is 4.07. The van der Waals surface area contributed by atoms with Gasteiger partial charge in [0, 0.05) is 19.3 Å². The van der Waals surface area contributed by atoms with Crippen LogP contribution in [0.25, 0.3) is 0 Å². The van der Waals surface area contributed by atoms with Gasteiger partial charge in [0.15, 0.2) is 0 Å². The van der Waals surface area contributed by atoms with Gasteiger partial charge in [-0.25, -0.2) is 4.79 Å². The number of phenols is 2. The summed E-state index contributed by atoms with van der Waals surface area (Å²) in [5, 5.41) is 36.5. The number of phenolic OH excluding ortho intramolecular Hbond substituents is 2. The molecule has 0 saturated heterocycles. The second-order valence-electron chi connectivity index (χ2n) is 10.2. The lowest BCUT2D eigenvalue weighted by atomic mass is 9.96. The Morgan fingerprint density at radius 3 is 1.69 bits per heavy atom. The third kappa shape index (κ3) is 10.7. The first kappa shape index (κ1) is 33.6. The SMILES string of the molecule is CCC(C)C(NC(=O)C(Cc1ccc(O)cc1)NC(=O)C(N)CCC(N)=O)C(=O)NC(Cc1ccc(O)cc1)C(=O)O. The molecule has 42 heavy (non-hydrogen) atoms. The van der Waals surface area contributed by atoms with E-state index in [-0.39, 0.29) is 37.2 Å². The van der Waals surface area contributed by atoms with E-state index in [2.05, 4.69) is 16.0 Å². The number of primary amides is 1. The summed E-state index contributed by atoms with van der Waals surface area (Å²) in [5.74, 6) is -4.47. The molecule has 2 rings (SSSR count). The molecule has 0 heterocycles. The summed E-state index contributed by atoms with van der Waals surface area (Å²) in [6.07, 6.45) is 0.207. The largest absolute Gasteiger partial charge is 0.508 e. The van der Waals surface area contributed by atoms with Crippen LogP contribution in [0.5, 0.6) is 11.5 Å². The van der Waals surface area contributed by atoms with Gasteiger partial charge in [0.05, 0.1) is 6.04 Å². The molecule has 0 saturated carbocycles. The first-order chi connectivity index (χ1) is 19.8. The van der Waals surface area contributed by atoms with Gasteiger partial charge in [0.1, 0.15) is 29.6 Å². The molecule has 4 amide bonds. The van der Waals surface area contributed by atoms with Gasteiger partial charge in [-0.05, 0) is 47.7 Å². The number of hydrogen-bond donors (Lipinski definition) is 8. The maximum atomic E-state index is 13.5. The Bertz CT molecular complexity index is 1240. The Morgan fingerprint density at radius 1 is 0.762 bits per heavy atom. The quantitative estimate of drug-likeness (QED) is 0.133. The Balaban J connectivity index is 2.25. The number of carboxylic acid groups (broad SMARTS) is 1. The number of carbonyl (C=O) groups excluding carboxylic acids is 4. The fraction of sp³-hybridized carbons (Fsp3) is 0.414. The van der Waals surface area contributed by atoms with Gasteiger partial charge in [-0.3, -0.25) is 19.2 Å². The van der Waals surface area contributed by atoms with E-state index in [1.807, 2.05) is 0 Å². The molecule has 10 N–H and O–H groups in total. The summed E-state index contributed by atoms with van der Waals surface area (Å²) in [5.41, 5.74) is 12.2. The standard InChI is InChI=1S/C29H39N5O8/c1-3-16(2)25(28(40)33-23(29(41)42)15-18-6-10-20(36)11-7-18)34-27(39)22(14-17-4-8-19(35)9-5-17)32-26(38)21(30)12-13-24(31)37/h4-11,16,21-23,25,35-36H,3,12-15,30H2,1-2H3,(H2,31,37)(H,32,38)(H,33,40)(H,34,39)(H,41,42). The summed E-state index contributed by atoms with van der Waals surface area (Å²) in [4.78, 5) is 62.7.